The normalized spacial score (nSPS) is 14.9. The van der Waals surface area contributed by atoms with Gasteiger partial charge in [-0.1, -0.05) is 30.3 Å². The van der Waals surface area contributed by atoms with Crippen LogP contribution in [0.15, 0.2) is 48.5 Å². The van der Waals surface area contributed by atoms with Crippen molar-refractivity contribution in [1.82, 2.24) is 4.90 Å². The first-order chi connectivity index (χ1) is 12.8. The molecule has 0 saturated carbocycles. The van der Waals surface area contributed by atoms with Crippen molar-refractivity contribution in [2.24, 2.45) is 0 Å². The predicted molar refractivity (Wildman–Crippen MR) is 110 cm³/mol. The number of ether oxygens (including phenoxy) is 1. The number of nitrogens with two attached hydrogens (primary N) is 1. The Balaban J connectivity index is 1.70. The number of piperazine rings is 1. The largest absolute Gasteiger partial charge is 0.444 e. The number of nitrogen functional groups attached to an aromatic ring is 1. The standard InChI is InChI=1S/C22H29N3O2/c1-22(2,3)27-21(26)25-13-11-24(12-14-25)20-10-9-19(23)16-18(20)15-17-7-5-4-6-8-17/h4-10,16H,11-15,23H2,1-3H3. The number of rotatable bonds is 3. The third-order valence-electron chi connectivity index (χ3n) is 4.61. The Morgan fingerprint density at radius 3 is 2.33 bits per heavy atom. The van der Waals surface area contributed by atoms with E-state index in [1.54, 1.807) is 4.90 Å². The third kappa shape index (κ3) is 5.16. The molecule has 0 bridgehead atoms. The van der Waals surface area contributed by atoms with Gasteiger partial charge in [0.15, 0.2) is 0 Å². The van der Waals surface area contributed by atoms with Crippen LogP contribution in [-0.2, 0) is 11.2 Å². The van der Waals surface area contributed by atoms with Gasteiger partial charge in [0.1, 0.15) is 5.60 Å². The SMILES string of the molecule is CC(C)(C)OC(=O)N1CCN(c2ccc(N)cc2Cc2ccccc2)CC1. The molecular weight excluding hydrogens is 338 g/mol. The van der Waals surface area contributed by atoms with Crippen LogP contribution in [0.3, 0.4) is 0 Å². The number of nitrogens with zero attached hydrogens (tertiary/aromatic N) is 2. The highest BCUT2D eigenvalue weighted by Gasteiger charge is 2.26. The molecule has 2 N–H and O–H groups in total. The third-order valence-corrected chi connectivity index (χ3v) is 4.61. The van der Waals surface area contributed by atoms with Crippen LogP contribution in [-0.4, -0.2) is 42.8 Å². The van der Waals surface area contributed by atoms with Crippen LogP contribution < -0.4 is 10.6 Å². The zero-order valence-electron chi connectivity index (χ0n) is 16.4. The van der Waals surface area contributed by atoms with E-state index in [1.165, 1.54) is 16.8 Å². The minimum Gasteiger partial charge on any atom is -0.444 e. The lowest BCUT2D eigenvalue weighted by molar-refractivity contribution is 0.0240. The molecule has 0 atom stereocenters. The zero-order chi connectivity index (χ0) is 19.4. The molecule has 0 radical (unpaired) electrons. The van der Waals surface area contributed by atoms with Gasteiger partial charge in [0.05, 0.1) is 0 Å². The maximum Gasteiger partial charge on any atom is 0.410 e. The summed E-state index contributed by atoms with van der Waals surface area (Å²) >= 11 is 0. The second-order valence-corrected chi connectivity index (χ2v) is 8.00. The summed E-state index contributed by atoms with van der Waals surface area (Å²) in [4.78, 5) is 16.4. The van der Waals surface area contributed by atoms with E-state index in [1.807, 2.05) is 32.9 Å². The average Bonchev–Trinajstić information content (AvgIpc) is 2.61. The molecule has 3 rings (SSSR count). The van der Waals surface area contributed by atoms with Crippen LogP contribution in [0.1, 0.15) is 31.9 Å². The Hall–Kier alpha value is -2.69. The van der Waals surface area contributed by atoms with Gasteiger partial charge in [-0.3, -0.25) is 0 Å². The summed E-state index contributed by atoms with van der Waals surface area (Å²) in [6, 6.07) is 16.5. The summed E-state index contributed by atoms with van der Waals surface area (Å²) in [5.74, 6) is 0. The van der Waals surface area contributed by atoms with Gasteiger partial charge in [0.2, 0.25) is 0 Å². The molecular formula is C22H29N3O2. The molecule has 144 valence electrons. The number of benzene rings is 2. The second kappa shape index (κ2) is 7.91. The van der Waals surface area contributed by atoms with Gasteiger partial charge in [0, 0.05) is 37.6 Å². The summed E-state index contributed by atoms with van der Waals surface area (Å²) in [5, 5.41) is 0. The van der Waals surface area contributed by atoms with Gasteiger partial charge in [-0.05, 0) is 56.5 Å². The number of anilines is 2. The Morgan fingerprint density at radius 2 is 1.70 bits per heavy atom. The van der Waals surface area contributed by atoms with Crippen LogP contribution in [0.4, 0.5) is 16.2 Å². The van der Waals surface area contributed by atoms with Gasteiger partial charge in [-0.15, -0.1) is 0 Å². The van der Waals surface area contributed by atoms with Crippen LogP contribution in [0.25, 0.3) is 0 Å². The van der Waals surface area contributed by atoms with Crippen LogP contribution in [0.5, 0.6) is 0 Å². The van der Waals surface area contributed by atoms with Crippen molar-refractivity contribution in [3.05, 3.63) is 59.7 Å². The van der Waals surface area contributed by atoms with Gasteiger partial charge in [0.25, 0.3) is 0 Å². The minimum atomic E-state index is -0.464. The van der Waals surface area contributed by atoms with E-state index in [0.717, 1.165) is 25.2 Å². The fourth-order valence-electron chi connectivity index (χ4n) is 3.33. The highest BCUT2D eigenvalue weighted by molar-refractivity contribution is 5.69. The fraction of sp³-hybridized carbons (Fsp3) is 0.409. The smallest absolute Gasteiger partial charge is 0.410 e. The number of carbonyl (C=O) groups is 1. The van der Waals surface area contributed by atoms with Crippen molar-refractivity contribution in [3.8, 4) is 0 Å². The van der Waals surface area contributed by atoms with E-state index in [4.69, 9.17) is 10.5 Å². The zero-order valence-corrected chi connectivity index (χ0v) is 16.4. The first kappa shape index (κ1) is 19.1. The molecule has 0 unspecified atom stereocenters. The fourth-order valence-corrected chi connectivity index (χ4v) is 3.33. The Bertz CT molecular complexity index is 776. The summed E-state index contributed by atoms with van der Waals surface area (Å²) in [7, 11) is 0. The van der Waals surface area contributed by atoms with E-state index >= 15 is 0 Å². The van der Waals surface area contributed by atoms with Crippen LogP contribution in [0, 0.1) is 0 Å². The number of hydrogen-bond acceptors (Lipinski definition) is 4. The van der Waals surface area contributed by atoms with Crippen molar-refractivity contribution in [2.75, 3.05) is 36.8 Å². The molecule has 0 spiro atoms. The lowest BCUT2D eigenvalue weighted by Gasteiger charge is -2.37. The lowest BCUT2D eigenvalue weighted by Crippen LogP contribution is -2.50. The average molecular weight is 367 g/mol. The summed E-state index contributed by atoms with van der Waals surface area (Å²) in [5.41, 5.74) is 10.0. The Morgan fingerprint density at radius 1 is 1.04 bits per heavy atom. The van der Waals surface area contributed by atoms with Crippen molar-refractivity contribution in [1.29, 1.82) is 0 Å². The van der Waals surface area contributed by atoms with Crippen molar-refractivity contribution in [3.63, 3.8) is 0 Å². The molecule has 5 nitrogen and oxygen atoms in total. The molecule has 0 aliphatic carbocycles. The molecule has 27 heavy (non-hydrogen) atoms. The number of carbonyl (C=O) groups excluding carboxylic acids is 1. The Labute approximate surface area is 161 Å². The van der Waals surface area contributed by atoms with Gasteiger partial charge in [-0.2, -0.15) is 0 Å². The first-order valence-corrected chi connectivity index (χ1v) is 9.47. The molecule has 2 aromatic carbocycles. The van der Waals surface area contributed by atoms with Gasteiger partial charge >= 0.3 is 6.09 Å². The monoisotopic (exact) mass is 367 g/mol. The van der Waals surface area contributed by atoms with Crippen LogP contribution in [0.2, 0.25) is 0 Å². The van der Waals surface area contributed by atoms with E-state index in [2.05, 4.69) is 41.3 Å². The topological polar surface area (TPSA) is 58.8 Å². The molecule has 2 aromatic rings. The molecule has 5 heteroatoms. The van der Waals surface area contributed by atoms with Crippen LogP contribution >= 0.6 is 0 Å². The number of amides is 1. The van der Waals surface area contributed by atoms with Gasteiger partial charge < -0.3 is 20.3 Å². The highest BCUT2D eigenvalue weighted by Crippen LogP contribution is 2.27. The predicted octanol–water partition coefficient (Wildman–Crippen LogP) is 3.92. The maximum atomic E-state index is 12.3. The van der Waals surface area contributed by atoms with Crippen molar-refractivity contribution < 1.29 is 9.53 Å². The summed E-state index contributed by atoms with van der Waals surface area (Å²) < 4.78 is 5.49. The van der Waals surface area contributed by atoms with E-state index in [-0.39, 0.29) is 6.09 Å². The molecule has 1 saturated heterocycles. The highest BCUT2D eigenvalue weighted by atomic mass is 16.6. The molecule has 1 fully saturated rings. The minimum absolute atomic E-state index is 0.232. The summed E-state index contributed by atoms with van der Waals surface area (Å²) in [6.45, 7) is 8.56. The molecule has 1 heterocycles. The first-order valence-electron chi connectivity index (χ1n) is 9.47. The molecule has 1 aliphatic heterocycles. The molecule has 1 aliphatic rings. The van der Waals surface area contributed by atoms with Gasteiger partial charge in [-0.25, -0.2) is 4.79 Å². The molecule has 0 aromatic heterocycles. The van der Waals surface area contributed by atoms with E-state index in [0.29, 0.717) is 13.1 Å². The lowest BCUT2D eigenvalue weighted by atomic mass is 10.0. The molecule has 1 amide bonds. The van der Waals surface area contributed by atoms with E-state index in [9.17, 15) is 4.79 Å². The quantitative estimate of drug-likeness (QED) is 0.836. The second-order valence-electron chi connectivity index (χ2n) is 8.00. The van der Waals surface area contributed by atoms with E-state index < -0.39 is 5.60 Å². The van der Waals surface area contributed by atoms with Crippen molar-refractivity contribution in [2.45, 2.75) is 32.8 Å². The number of hydrogen-bond donors (Lipinski definition) is 1. The Kier molecular flexibility index (Phi) is 5.59. The maximum absolute atomic E-state index is 12.3. The van der Waals surface area contributed by atoms with Crippen molar-refractivity contribution >= 4 is 17.5 Å². The summed E-state index contributed by atoms with van der Waals surface area (Å²) in [6.07, 6.45) is 0.608.